The Morgan fingerprint density at radius 2 is 2.21 bits per heavy atom. The second-order valence-electron chi connectivity index (χ2n) is 4.58. The van der Waals surface area contributed by atoms with Crippen LogP contribution in [-0.2, 0) is 11.3 Å². The molecule has 3 N–H and O–H groups in total. The van der Waals surface area contributed by atoms with Gasteiger partial charge in [-0.3, -0.25) is 14.5 Å². The number of nitrogen functional groups attached to an aromatic ring is 1. The number of likely N-dealkylation sites (N-methyl/N-ethyl adjacent to an activating group) is 1. The molecule has 19 heavy (non-hydrogen) atoms. The predicted octanol–water partition coefficient (Wildman–Crippen LogP) is -0.111. The van der Waals surface area contributed by atoms with Crippen molar-refractivity contribution in [2.75, 3.05) is 32.4 Å². The molecule has 1 amide bonds. The van der Waals surface area contributed by atoms with E-state index in [0.717, 1.165) is 6.42 Å². The summed E-state index contributed by atoms with van der Waals surface area (Å²) in [5, 5.41) is 2.81. The van der Waals surface area contributed by atoms with E-state index in [0.29, 0.717) is 31.9 Å². The predicted molar refractivity (Wildman–Crippen MR) is 75.9 cm³/mol. The minimum Gasteiger partial charge on any atom is -0.398 e. The van der Waals surface area contributed by atoms with E-state index >= 15 is 0 Å². The lowest BCUT2D eigenvalue weighted by molar-refractivity contribution is -0.121. The average Bonchev–Trinajstić information content (AvgIpc) is 2.37. The molecule has 0 unspecified atom stereocenters. The van der Waals surface area contributed by atoms with Crippen LogP contribution in [-0.4, -0.2) is 42.1 Å². The van der Waals surface area contributed by atoms with Gasteiger partial charge in [0.2, 0.25) is 5.91 Å². The summed E-state index contributed by atoms with van der Waals surface area (Å²) < 4.78 is 1.55. The monoisotopic (exact) mass is 266 g/mol. The maximum absolute atomic E-state index is 11.6. The number of nitrogens with two attached hydrogens (primary N) is 1. The van der Waals surface area contributed by atoms with Crippen molar-refractivity contribution in [3.8, 4) is 0 Å². The summed E-state index contributed by atoms with van der Waals surface area (Å²) >= 11 is 0. The minimum atomic E-state index is -0.0852. The van der Waals surface area contributed by atoms with Crippen LogP contribution in [0.1, 0.15) is 13.3 Å². The summed E-state index contributed by atoms with van der Waals surface area (Å²) in [5.41, 5.74) is 6.11. The van der Waals surface area contributed by atoms with Crippen molar-refractivity contribution in [2.24, 2.45) is 0 Å². The highest BCUT2D eigenvalue weighted by Crippen LogP contribution is 1.96. The molecule has 0 saturated carbocycles. The number of hydrogen-bond acceptors (Lipinski definition) is 4. The first kappa shape index (κ1) is 15.2. The van der Waals surface area contributed by atoms with Crippen LogP contribution in [0.2, 0.25) is 0 Å². The molecule has 0 atom stereocenters. The van der Waals surface area contributed by atoms with Crippen LogP contribution in [0.4, 0.5) is 5.69 Å². The van der Waals surface area contributed by atoms with Gasteiger partial charge in [0.1, 0.15) is 0 Å². The number of nitrogens with one attached hydrogen (secondary N) is 1. The highest BCUT2D eigenvalue weighted by atomic mass is 16.2. The van der Waals surface area contributed by atoms with Gasteiger partial charge < -0.3 is 15.6 Å². The smallest absolute Gasteiger partial charge is 0.250 e. The van der Waals surface area contributed by atoms with Crippen LogP contribution in [0.3, 0.4) is 0 Å². The molecule has 6 heteroatoms. The largest absolute Gasteiger partial charge is 0.398 e. The van der Waals surface area contributed by atoms with E-state index in [4.69, 9.17) is 5.73 Å². The summed E-state index contributed by atoms with van der Waals surface area (Å²) in [5.74, 6) is 0.00396. The Morgan fingerprint density at radius 3 is 2.89 bits per heavy atom. The van der Waals surface area contributed by atoms with Gasteiger partial charge >= 0.3 is 0 Å². The highest BCUT2D eigenvalue weighted by Gasteiger charge is 2.06. The maximum Gasteiger partial charge on any atom is 0.250 e. The molecule has 0 bridgehead atoms. The standard InChI is InChI=1S/C13H22N4O2/c1-3-6-15-12(18)10-16(2)7-8-17-9-11(14)4-5-13(17)19/h4-5,9H,3,6-8,10,14H2,1-2H3,(H,15,18). The Morgan fingerprint density at radius 1 is 1.47 bits per heavy atom. The number of nitrogens with zero attached hydrogens (tertiary/aromatic N) is 2. The van der Waals surface area contributed by atoms with Crippen molar-refractivity contribution in [1.29, 1.82) is 0 Å². The summed E-state index contributed by atoms with van der Waals surface area (Å²) in [4.78, 5) is 24.9. The summed E-state index contributed by atoms with van der Waals surface area (Å²) in [7, 11) is 1.85. The van der Waals surface area contributed by atoms with Gasteiger partial charge in [0.25, 0.3) is 5.56 Å². The van der Waals surface area contributed by atoms with Crippen LogP contribution < -0.4 is 16.6 Å². The molecule has 1 aromatic rings. The topological polar surface area (TPSA) is 80.4 Å². The third-order valence-corrected chi connectivity index (χ3v) is 2.71. The fourth-order valence-corrected chi connectivity index (χ4v) is 1.65. The van der Waals surface area contributed by atoms with E-state index < -0.39 is 0 Å². The highest BCUT2D eigenvalue weighted by molar-refractivity contribution is 5.77. The zero-order valence-corrected chi connectivity index (χ0v) is 11.6. The fourth-order valence-electron chi connectivity index (χ4n) is 1.65. The Bertz CT molecular complexity index is 470. The quantitative estimate of drug-likeness (QED) is 0.721. The Labute approximate surface area is 113 Å². The van der Waals surface area contributed by atoms with Crippen molar-refractivity contribution in [3.05, 3.63) is 28.7 Å². The number of rotatable bonds is 7. The Hall–Kier alpha value is -1.82. The van der Waals surface area contributed by atoms with Crippen molar-refractivity contribution in [2.45, 2.75) is 19.9 Å². The number of carbonyl (C=O) groups is 1. The molecule has 6 nitrogen and oxygen atoms in total. The van der Waals surface area contributed by atoms with Crippen molar-refractivity contribution in [3.63, 3.8) is 0 Å². The lowest BCUT2D eigenvalue weighted by Gasteiger charge is -2.17. The third kappa shape index (κ3) is 5.56. The van der Waals surface area contributed by atoms with Gasteiger partial charge in [0.15, 0.2) is 0 Å². The molecule has 1 heterocycles. The molecule has 0 aliphatic carbocycles. The van der Waals surface area contributed by atoms with Crippen LogP contribution in [0.25, 0.3) is 0 Å². The fraction of sp³-hybridized carbons (Fsp3) is 0.538. The van der Waals surface area contributed by atoms with Crippen molar-refractivity contribution < 1.29 is 4.79 Å². The van der Waals surface area contributed by atoms with Gasteiger partial charge in [-0.1, -0.05) is 6.92 Å². The van der Waals surface area contributed by atoms with E-state index in [1.54, 1.807) is 16.8 Å². The van der Waals surface area contributed by atoms with Gasteiger partial charge in [-0.15, -0.1) is 0 Å². The molecule has 0 radical (unpaired) electrons. The first-order valence-electron chi connectivity index (χ1n) is 6.44. The summed E-state index contributed by atoms with van der Waals surface area (Å²) in [6.07, 6.45) is 2.54. The van der Waals surface area contributed by atoms with Gasteiger partial charge in [0.05, 0.1) is 6.54 Å². The van der Waals surface area contributed by atoms with E-state index in [9.17, 15) is 9.59 Å². The van der Waals surface area contributed by atoms with Crippen LogP contribution in [0.5, 0.6) is 0 Å². The van der Waals surface area contributed by atoms with Gasteiger partial charge in [-0.2, -0.15) is 0 Å². The molecule has 1 aromatic heterocycles. The summed E-state index contributed by atoms with van der Waals surface area (Å²) in [6.45, 7) is 4.17. The second kappa shape index (κ2) is 7.58. The van der Waals surface area contributed by atoms with Gasteiger partial charge in [0, 0.05) is 37.6 Å². The molecule has 0 aliphatic rings. The molecule has 0 aliphatic heterocycles. The van der Waals surface area contributed by atoms with Crippen LogP contribution in [0.15, 0.2) is 23.1 Å². The summed E-state index contributed by atoms with van der Waals surface area (Å²) in [6, 6.07) is 3.03. The lowest BCUT2D eigenvalue weighted by Crippen LogP contribution is -2.37. The first-order valence-corrected chi connectivity index (χ1v) is 6.44. The number of pyridine rings is 1. The first-order chi connectivity index (χ1) is 9.02. The molecule has 1 rings (SSSR count). The van der Waals surface area contributed by atoms with Crippen molar-refractivity contribution >= 4 is 11.6 Å². The van der Waals surface area contributed by atoms with E-state index in [-0.39, 0.29) is 11.5 Å². The van der Waals surface area contributed by atoms with Crippen molar-refractivity contribution in [1.82, 2.24) is 14.8 Å². The number of anilines is 1. The lowest BCUT2D eigenvalue weighted by atomic mass is 10.4. The van der Waals surface area contributed by atoms with E-state index in [2.05, 4.69) is 5.32 Å². The Balaban J connectivity index is 2.41. The molecular formula is C13H22N4O2. The molecule has 0 spiro atoms. The molecule has 0 aromatic carbocycles. The maximum atomic E-state index is 11.6. The van der Waals surface area contributed by atoms with E-state index in [1.807, 2.05) is 18.9 Å². The van der Waals surface area contributed by atoms with Crippen LogP contribution >= 0.6 is 0 Å². The van der Waals surface area contributed by atoms with Crippen LogP contribution in [0, 0.1) is 0 Å². The molecular weight excluding hydrogens is 244 g/mol. The Kier molecular flexibility index (Phi) is 6.08. The zero-order chi connectivity index (χ0) is 14.3. The van der Waals surface area contributed by atoms with Gasteiger partial charge in [-0.05, 0) is 19.5 Å². The third-order valence-electron chi connectivity index (χ3n) is 2.71. The zero-order valence-electron chi connectivity index (χ0n) is 11.6. The normalized spacial score (nSPS) is 10.7. The number of amides is 1. The average molecular weight is 266 g/mol. The molecule has 106 valence electrons. The molecule has 0 fully saturated rings. The van der Waals surface area contributed by atoms with E-state index in [1.165, 1.54) is 6.07 Å². The number of aromatic nitrogens is 1. The SMILES string of the molecule is CCCNC(=O)CN(C)CCn1cc(N)ccc1=O. The minimum absolute atomic E-state index is 0.00396. The number of carbonyl (C=O) groups excluding carboxylic acids is 1. The number of hydrogen-bond donors (Lipinski definition) is 2. The molecule has 0 saturated heterocycles. The second-order valence-corrected chi connectivity index (χ2v) is 4.58. The van der Waals surface area contributed by atoms with Gasteiger partial charge in [-0.25, -0.2) is 0 Å².